The Bertz CT molecular complexity index is 272. The Hall–Kier alpha value is -1.38. The highest BCUT2D eigenvalue weighted by atomic mass is 16.6. The number of aryl methyl sites for hydroxylation is 1. The first-order chi connectivity index (χ1) is 7.25. The predicted molar refractivity (Wildman–Crippen MR) is 65.2 cm³/mol. The molecule has 0 saturated heterocycles. The van der Waals surface area contributed by atoms with E-state index < -0.39 is 0 Å². The van der Waals surface area contributed by atoms with Crippen LogP contribution in [-0.4, -0.2) is 4.92 Å². The van der Waals surface area contributed by atoms with Gasteiger partial charge in [0, 0.05) is 11.6 Å². The lowest BCUT2D eigenvalue weighted by molar-refractivity contribution is -0.385. The molecule has 0 radical (unpaired) electrons. The molecule has 0 saturated carbocycles. The smallest absolute Gasteiger partial charge is 0.258 e. The maximum absolute atomic E-state index is 10.4. The molecule has 0 aliphatic carbocycles. The van der Waals surface area contributed by atoms with Gasteiger partial charge in [0.2, 0.25) is 0 Å². The molecule has 0 fully saturated rings. The van der Waals surface area contributed by atoms with E-state index >= 15 is 0 Å². The van der Waals surface area contributed by atoms with Crippen molar-refractivity contribution in [1.82, 2.24) is 0 Å². The largest absolute Gasteiger partial charge is 0.272 e. The fourth-order valence-corrected chi connectivity index (χ4v) is 0.988. The van der Waals surface area contributed by atoms with E-state index in [1.54, 1.807) is 12.1 Å². The van der Waals surface area contributed by atoms with Crippen LogP contribution in [0.4, 0.5) is 5.69 Å². The molecular weight excluding hydrogens is 190 g/mol. The Balaban J connectivity index is 0. The number of benzene rings is 1. The first kappa shape index (κ1) is 16.1. The molecule has 3 nitrogen and oxygen atoms in total. The molecule has 0 unspecified atom stereocenters. The van der Waals surface area contributed by atoms with Crippen LogP contribution < -0.4 is 0 Å². The summed E-state index contributed by atoms with van der Waals surface area (Å²) in [5.74, 6) is 0. The van der Waals surface area contributed by atoms with Crippen LogP contribution in [0.5, 0.6) is 0 Å². The van der Waals surface area contributed by atoms with E-state index in [1.807, 2.05) is 40.7 Å². The van der Waals surface area contributed by atoms with Gasteiger partial charge in [0.25, 0.3) is 5.69 Å². The Morgan fingerprint density at radius 2 is 1.60 bits per heavy atom. The van der Waals surface area contributed by atoms with E-state index in [2.05, 4.69) is 0 Å². The Kier molecular flexibility index (Phi) is 11.5. The second-order valence-corrected chi connectivity index (χ2v) is 2.24. The third-order valence-electron chi connectivity index (χ3n) is 1.57. The van der Waals surface area contributed by atoms with Crippen LogP contribution in [0, 0.1) is 10.1 Å². The van der Waals surface area contributed by atoms with Gasteiger partial charge in [-0.25, -0.2) is 0 Å². The maximum atomic E-state index is 10.4. The third kappa shape index (κ3) is 5.83. The molecule has 0 heterocycles. The molecule has 0 spiro atoms. The second kappa shape index (κ2) is 10.7. The fraction of sp³-hybridized carbons (Fsp3) is 0.500. The van der Waals surface area contributed by atoms with Gasteiger partial charge >= 0.3 is 0 Å². The number of nitro groups is 1. The van der Waals surface area contributed by atoms with Crippen LogP contribution in [0.1, 0.15) is 40.2 Å². The summed E-state index contributed by atoms with van der Waals surface area (Å²) in [6, 6.07) is 6.79. The van der Waals surface area contributed by atoms with Crippen molar-refractivity contribution < 1.29 is 4.92 Å². The van der Waals surface area contributed by atoms with Crippen LogP contribution in [0.25, 0.3) is 0 Å². The van der Waals surface area contributed by atoms with Crippen LogP contribution in [-0.2, 0) is 6.42 Å². The van der Waals surface area contributed by atoms with E-state index in [9.17, 15) is 10.1 Å². The molecule has 0 aliphatic rings. The van der Waals surface area contributed by atoms with Crippen molar-refractivity contribution in [2.75, 3.05) is 0 Å². The predicted octanol–water partition coefficient (Wildman–Crippen LogP) is 4.21. The van der Waals surface area contributed by atoms with Crippen LogP contribution >= 0.6 is 0 Å². The number of para-hydroxylation sites is 1. The van der Waals surface area contributed by atoms with Gasteiger partial charge in [0.05, 0.1) is 4.92 Å². The minimum Gasteiger partial charge on any atom is -0.258 e. The Morgan fingerprint density at radius 1 is 1.13 bits per heavy atom. The van der Waals surface area contributed by atoms with Crippen molar-refractivity contribution in [1.29, 1.82) is 0 Å². The van der Waals surface area contributed by atoms with Gasteiger partial charge < -0.3 is 0 Å². The van der Waals surface area contributed by atoms with E-state index in [1.165, 1.54) is 6.07 Å². The number of hydrogen-bond donors (Lipinski definition) is 0. The lowest BCUT2D eigenvalue weighted by Crippen LogP contribution is -1.92. The monoisotopic (exact) mass is 211 g/mol. The molecule has 1 rings (SSSR count). The number of rotatable bonds is 2. The Morgan fingerprint density at radius 3 is 1.93 bits per heavy atom. The molecule has 0 aromatic heterocycles. The van der Waals surface area contributed by atoms with Gasteiger partial charge in [-0.05, 0) is 6.42 Å². The first-order valence-corrected chi connectivity index (χ1v) is 5.48. The molecular formula is C12H21NO2. The summed E-state index contributed by atoms with van der Waals surface area (Å²) in [7, 11) is 0. The minimum atomic E-state index is -0.348. The van der Waals surface area contributed by atoms with Crippen molar-refractivity contribution in [3.8, 4) is 0 Å². The molecule has 0 atom stereocenters. The van der Waals surface area contributed by atoms with Crippen molar-refractivity contribution in [3.63, 3.8) is 0 Å². The molecule has 0 bridgehead atoms. The van der Waals surface area contributed by atoms with Gasteiger partial charge in [0.1, 0.15) is 0 Å². The quantitative estimate of drug-likeness (QED) is 0.543. The molecule has 3 heteroatoms. The van der Waals surface area contributed by atoms with Gasteiger partial charge in [-0.1, -0.05) is 52.8 Å². The first-order valence-electron chi connectivity index (χ1n) is 5.48. The van der Waals surface area contributed by atoms with Gasteiger partial charge in [0.15, 0.2) is 0 Å². The summed E-state index contributed by atoms with van der Waals surface area (Å²) in [6.45, 7) is 9.91. The zero-order valence-corrected chi connectivity index (χ0v) is 10.3. The van der Waals surface area contributed by atoms with Crippen molar-refractivity contribution in [2.24, 2.45) is 0 Å². The molecule has 0 aliphatic heterocycles. The van der Waals surface area contributed by atoms with E-state index in [-0.39, 0.29) is 10.6 Å². The van der Waals surface area contributed by atoms with Crippen molar-refractivity contribution >= 4 is 5.69 Å². The summed E-state index contributed by atoms with van der Waals surface area (Å²) in [4.78, 5) is 10.0. The highest BCUT2D eigenvalue weighted by Gasteiger charge is 2.08. The maximum Gasteiger partial charge on any atom is 0.272 e. The summed E-state index contributed by atoms with van der Waals surface area (Å²) >= 11 is 0. The molecule has 0 N–H and O–H groups in total. The normalized spacial score (nSPS) is 7.80. The molecule has 0 amide bonds. The highest BCUT2D eigenvalue weighted by Crippen LogP contribution is 2.17. The SMILES string of the molecule is CC.CC.CCc1ccccc1[N+](=O)[O-]. The summed E-state index contributed by atoms with van der Waals surface area (Å²) in [5, 5.41) is 10.4. The number of nitrogens with zero attached hydrogens (tertiary/aromatic N) is 1. The molecule has 15 heavy (non-hydrogen) atoms. The van der Waals surface area contributed by atoms with E-state index in [4.69, 9.17) is 0 Å². The van der Waals surface area contributed by atoms with E-state index in [0.717, 1.165) is 5.56 Å². The fourth-order valence-electron chi connectivity index (χ4n) is 0.988. The topological polar surface area (TPSA) is 43.1 Å². The van der Waals surface area contributed by atoms with Crippen LogP contribution in [0.3, 0.4) is 0 Å². The lowest BCUT2D eigenvalue weighted by Gasteiger charge is -1.96. The van der Waals surface area contributed by atoms with Gasteiger partial charge in [-0.15, -0.1) is 0 Å². The third-order valence-corrected chi connectivity index (χ3v) is 1.57. The van der Waals surface area contributed by atoms with Gasteiger partial charge in [-0.2, -0.15) is 0 Å². The zero-order valence-electron chi connectivity index (χ0n) is 10.3. The minimum absolute atomic E-state index is 0.218. The van der Waals surface area contributed by atoms with Crippen molar-refractivity contribution in [2.45, 2.75) is 41.0 Å². The number of hydrogen-bond acceptors (Lipinski definition) is 2. The average molecular weight is 211 g/mol. The van der Waals surface area contributed by atoms with Crippen LogP contribution in [0.2, 0.25) is 0 Å². The molecule has 1 aromatic rings. The Labute approximate surface area is 92.3 Å². The van der Waals surface area contributed by atoms with Crippen molar-refractivity contribution in [3.05, 3.63) is 39.9 Å². The molecule has 1 aromatic carbocycles. The second-order valence-electron chi connectivity index (χ2n) is 2.24. The van der Waals surface area contributed by atoms with E-state index in [0.29, 0.717) is 6.42 Å². The highest BCUT2D eigenvalue weighted by molar-refractivity contribution is 5.39. The summed E-state index contributed by atoms with van der Waals surface area (Å²) in [6.07, 6.45) is 0.706. The zero-order chi connectivity index (χ0) is 12.3. The van der Waals surface area contributed by atoms with Gasteiger partial charge in [-0.3, -0.25) is 10.1 Å². The number of nitro benzene ring substituents is 1. The summed E-state index contributed by atoms with van der Waals surface area (Å²) < 4.78 is 0. The van der Waals surface area contributed by atoms with Crippen LogP contribution in [0.15, 0.2) is 24.3 Å². The molecule has 86 valence electrons. The summed E-state index contributed by atoms with van der Waals surface area (Å²) in [5.41, 5.74) is 1.01. The standard InChI is InChI=1S/C8H9NO2.2C2H6/c1-2-7-5-3-4-6-8(7)9(10)11;2*1-2/h3-6H,2H2,1H3;2*1-2H3. The average Bonchev–Trinajstić information content (AvgIpc) is 2.34. The lowest BCUT2D eigenvalue weighted by atomic mass is 10.1.